The van der Waals surface area contributed by atoms with Crippen molar-refractivity contribution in [3.05, 3.63) is 65.0 Å². The van der Waals surface area contributed by atoms with Gasteiger partial charge in [-0.2, -0.15) is 0 Å². The zero-order chi connectivity index (χ0) is 13.9. The molecule has 1 heterocycles. The van der Waals surface area contributed by atoms with Gasteiger partial charge < -0.3 is 4.74 Å². The lowest BCUT2D eigenvalue weighted by molar-refractivity contribution is -0.385. The van der Waals surface area contributed by atoms with Crippen molar-refractivity contribution in [2.24, 2.45) is 0 Å². The number of fused-ring (bicyclic) bond motifs is 1. The Morgan fingerprint density at radius 2 is 1.75 bits per heavy atom. The van der Waals surface area contributed by atoms with E-state index in [4.69, 9.17) is 4.74 Å². The molecule has 0 atom stereocenters. The summed E-state index contributed by atoms with van der Waals surface area (Å²) in [5, 5.41) is 11.7. The predicted molar refractivity (Wildman–Crippen MR) is 72.7 cm³/mol. The maximum absolute atomic E-state index is 11.0. The van der Waals surface area contributed by atoms with Crippen molar-refractivity contribution in [3.63, 3.8) is 0 Å². The van der Waals surface area contributed by atoms with Gasteiger partial charge in [-0.15, -0.1) is 0 Å². The summed E-state index contributed by atoms with van der Waals surface area (Å²) in [7, 11) is 0. The average molecular weight is 267 g/mol. The molecule has 20 heavy (non-hydrogen) atoms. The first-order valence-electron chi connectivity index (χ1n) is 5.87. The van der Waals surface area contributed by atoms with Crippen LogP contribution in [-0.4, -0.2) is 14.9 Å². The Kier molecular flexibility index (Phi) is 2.96. The van der Waals surface area contributed by atoms with Gasteiger partial charge in [-0.25, -0.2) is 9.97 Å². The molecule has 0 aliphatic rings. The van der Waals surface area contributed by atoms with Crippen LogP contribution in [0, 0.1) is 10.1 Å². The van der Waals surface area contributed by atoms with Crippen molar-refractivity contribution in [3.8, 4) is 11.6 Å². The highest BCUT2D eigenvalue weighted by Gasteiger charge is 2.16. The quantitative estimate of drug-likeness (QED) is 0.537. The average Bonchev–Trinajstić information content (AvgIpc) is 2.48. The molecule has 0 aliphatic carbocycles. The summed E-state index contributed by atoms with van der Waals surface area (Å²) < 4.78 is 5.59. The van der Waals surface area contributed by atoms with Gasteiger partial charge in [0.2, 0.25) is 11.6 Å². The van der Waals surface area contributed by atoms with E-state index in [-0.39, 0.29) is 11.4 Å². The normalized spacial score (nSPS) is 10.4. The number of hydrogen-bond donors (Lipinski definition) is 0. The van der Waals surface area contributed by atoms with E-state index in [1.807, 2.05) is 18.2 Å². The molecule has 0 unspecified atom stereocenters. The van der Waals surface area contributed by atoms with Gasteiger partial charge in [-0.1, -0.05) is 24.3 Å². The maximum Gasteiger partial charge on any atom is 0.311 e. The van der Waals surface area contributed by atoms with Gasteiger partial charge in [0.1, 0.15) is 6.33 Å². The monoisotopic (exact) mass is 267 g/mol. The second kappa shape index (κ2) is 4.93. The van der Waals surface area contributed by atoms with Gasteiger partial charge in [-0.3, -0.25) is 10.1 Å². The number of para-hydroxylation sites is 3. The third kappa shape index (κ3) is 2.14. The molecule has 0 saturated carbocycles. The van der Waals surface area contributed by atoms with Crippen LogP contribution >= 0.6 is 0 Å². The van der Waals surface area contributed by atoms with Crippen LogP contribution in [0.15, 0.2) is 54.9 Å². The van der Waals surface area contributed by atoms with Crippen molar-refractivity contribution in [1.29, 1.82) is 0 Å². The Balaban J connectivity index is 2.08. The fourth-order valence-electron chi connectivity index (χ4n) is 1.86. The van der Waals surface area contributed by atoms with Gasteiger partial charge in [0, 0.05) is 6.07 Å². The SMILES string of the molecule is O=[N+]([O-])c1ccccc1Oc1ncnc2ccccc12. The van der Waals surface area contributed by atoms with E-state index in [1.54, 1.807) is 18.2 Å². The summed E-state index contributed by atoms with van der Waals surface area (Å²) >= 11 is 0. The third-order valence-electron chi connectivity index (χ3n) is 2.77. The van der Waals surface area contributed by atoms with E-state index >= 15 is 0 Å². The van der Waals surface area contributed by atoms with Crippen molar-refractivity contribution in [2.45, 2.75) is 0 Å². The molecule has 0 N–H and O–H groups in total. The molecule has 3 rings (SSSR count). The number of hydrogen-bond acceptors (Lipinski definition) is 5. The zero-order valence-corrected chi connectivity index (χ0v) is 10.3. The second-order valence-corrected chi connectivity index (χ2v) is 4.02. The van der Waals surface area contributed by atoms with Crippen molar-refractivity contribution < 1.29 is 9.66 Å². The van der Waals surface area contributed by atoms with Gasteiger partial charge in [0.15, 0.2) is 0 Å². The molecule has 0 radical (unpaired) electrons. The highest BCUT2D eigenvalue weighted by Crippen LogP contribution is 2.32. The minimum atomic E-state index is -0.487. The van der Waals surface area contributed by atoms with Crippen LogP contribution in [0.4, 0.5) is 5.69 Å². The van der Waals surface area contributed by atoms with Crippen LogP contribution in [0.2, 0.25) is 0 Å². The predicted octanol–water partition coefficient (Wildman–Crippen LogP) is 3.33. The first-order valence-corrected chi connectivity index (χ1v) is 5.87. The number of aromatic nitrogens is 2. The lowest BCUT2D eigenvalue weighted by Gasteiger charge is -2.07. The van der Waals surface area contributed by atoms with Gasteiger partial charge in [-0.05, 0) is 18.2 Å². The molecule has 6 heteroatoms. The van der Waals surface area contributed by atoms with E-state index in [1.165, 1.54) is 18.5 Å². The minimum absolute atomic E-state index is 0.102. The molecule has 3 aromatic rings. The molecule has 2 aromatic carbocycles. The number of nitro groups is 1. The summed E-state index contributed by atoms with van der Waals surface area (Å²) in [5.74, 6) is 0.450. The molecule has 0 amide bonds. The van der Waals surface area contributed by atoms with Crippen molar-refractivity contribution in [1.82, 2.24) is 9.97 Å². The largest absolute Gasteiger partial charge is 0.431 e. The summed E-state index contributed by atoms with van der Waals surface area (Å²) in [4.78, 5) is 18.6. The smallest absolute Gasteiger partial charge is 0.311 e. The van der Waals surface area contributed by atoms with E-state index in [0.717, 1.165) is 5.52 Å². The molecule has 0 fully saturated rings. The van der Waals surface area contributed by atoms with Crippen LogP contribution in [0.5, 0.6) is 11.6 Å². The Morgan fingerprint density at radius 3 is 2.60 bits per heavy atom. The van der Waals surface area contributed by atoms with E-state index in [9.17, 15) is 10.1 Å². The fraction of sp³-hybridized carbons (Fsp3) is 0. The summed E-state index contributed by atoms with van der Waals surface area (Å²) in [5.41, 5.74) is 0.617. The zero-order valence-electron chi connectivity index (χ0n) is 10.3. The Morgan fingerprint density at radius 1 is 1.00 bits per heavy atom. The molecule has 0 aliphatic heterocycles. The Hall–Kier alpha value is -3.02. The molecular formula is C14H9N3O3. The molecule has 0 bridgehead atoms. The minimum Gasteiger partial charge on any atom is -0.431 e. The number of ether oxygens (including phenoxy) is 1. The van der Waals surface area contributed by atoms with Crippen LogP contribution < -0.4 is 4.74 Å². The summed E-state index contributed by atoms with van der Waals surface area (Å²) in [6, 6.07) is 13.5. The standard InChI is InChI=1S/C14H9N3O3/c18-17(19)12-7-3-4-8-13(12)20-14-10-5-1-2-6-11(10)15-9-16-14/h1-9H. The molecule has 98 valence electrons. The highest BCUT2D eigenvalue weighted by atomic mass is 16.6. The van der Waals surface area contributed by atoms with E-state index in [2.05, 4.69) is 9.97 Å². The number of rotatable bonds is 3. The van der Waals surface area contributed by atoms with E-state index < -0.39 is 4.92 Å². The van der Waals surface area contributed by atoms with E-state index in [0.29, 0.717) is 11.3 Å². The van der Waals surface area contributed by atoms with Crippen LogP contribution in [0.25, 0.3) is 10.9 Å². The first kappa shape index (κ1) is 12.0. The molecule has 6 nitrogen and oxygen atoms in total. The lowest BCUT2D eigenvalue weighted by atomic mass is 10.2. The number of benzene rings is 2. The van der Waals surface area contributed by atoms with Gasteiger partial charge >= 0.3 is 5.69 Å². The molecule has 0 saturated heterocycles. The molecule has 1 aromatic heterocycles. The molecule has 0 spiro atoms. The molecular weight excluding hydrogens is 258 g/mol. The number of nitro benzene ring substituents is 1. The fourth-order valence-corrected chi connectivity index (χ4v) is 1.86. The van der Waals surface area contributed by atoms with Gasteiger partial charge in [0.05, 0.1) is 15.8 Å². The highest BCUT2D eigenvalue weighted by molar-refractivity contribution is 5.83. The van der Waals surface area contributed by atoms with Crippen LogP contribution in [0.1, 0.15) is 0 Å². The number of nitrogens with zero attached hydrogens (tertiary/aromatic N) is 3. The summed E-state index contributed by atoms with van der Waals surface area (Å²) in [6.45, 7) is 0. The second-order valence-electron chi connectivity index (χ2n) is 4.02. The first-order chi connectivity index (χ1) is 9.75. The van der Waals surface area contributed by atoms with Crippen molar-refractivity contribution in [2.75, 3.05) is 0 Å². The van der Waals surface area contributed by atoms with Crippen molar-refractivity contribution >= 4 is 16.6 Å². The Labute approximate surface area is 113 Å². The Bertz CT molecular complexity index is 784. The van der Waals surface area contributed by atoms with Crippen LogP contribution in [-0.2, 0) is 0 Å². The third-order valence-corrected chi connectivity index (χ3v) is 2.77. The van der Waals surface area contributed by atoms with Crippen LogP contribution in [0.3, 0.4) is 0 Å². The van der Waals surface area contributed by atoms with Gasteiger partial charge in [0.25, 0.3) is 0 Å². The topological polar surface area (TPSA) is 78.2 Å². The maximum atomic E-state index is 11.0. The lowest BCUT2D eigenvalue weighted by Crippen LogP contribution is -1.95. The summed E-state index contributed by atoms with van der Waals surface area (Å²) in [6.07, 6.45) is 1.37.